The van der Waals surface area contributed by atoms with Crippen LogP contribution in [0.5, 0.6) is 0 Å². The topological polar surface area (TPSA) is 60.2 Å². The zero-order valence-corrected chi connectivity index (χ0v) is 5.77. The van der Waals surface area contributed by atoms with Crippen LogP contribution in [0.2, 0.25) is 0 Å². The minimum atomic E-state index is -0.494. The van der Waals surface area contributed by atoms with Crippen molar-refractivity contribution in [1.29, 1.82) is 0 Å². The Morgan fingerprint density at radius 1 is 1.73 bits per heavy atom. The second-order valence-electron chi connectivity index (χ2n) is 2.29. The lowest BCUT2D eigenvalue weighted by molar-refractivity contribution is -0.419. The van der Waals surface area contributed by atoms with Gasteiger partial charge in [-0.05, 0) is 6.42 Å². The van der Waals surface area contributed by atoms with E-state index in [2.05, 4.69) is 0 Å². The average molecular weight is 153 g/mol. The summed E-state index contributed by atoms with van der Waals surface area (Å²) in [5.41, 5.74) is 0.00773. The molecule has 1 unspecified atom stereocenters. The molecule has 1 aliphatic carbocycles. The first kappa shape index (κ1) is 7.65. The lowest BCUT2D eigenvalue weighted by atomic mass is 10.0. The van der Waals surface area contributed by atoms with Crippen molar-refractivity contribution < 1.29 is 9.72 Å². The largest absolute Gasteiger partial charge is 0.303 e. The van der Waals surface area contributed by atoms with E-state index in [0.717, 1.165) is 0 Å². The second kappa shape index (κ2) is 3.09. The summed E-state index contributed by atoms with van der Waals surface area (Å²) in [4.78, 5) is 19.9. The molecule has 1 aliphatic rings. The molecule has 1 atom stereocenters. The van der Waals surface area contributed by atoms with Gasteiger partial charge in [0.1, 0.15) is 6.29 Å². The number of allylic oxidation sites excluding steroid dienone is 3. The maximum absolute atomic E-state index is 10.2. The number of nitrogens with zero attached hydrogens (tertiary/aromatic N) is 1. The lowest BCUT2D eigenvalue weighted by Crippen LogP contribution is -2.06. The molecule has 0 aliphatic heterocycles. The number of carbonyl (C=O) groups excluding carboxylic acids is 1. The Bertz CT molecular complexity index is 242. The van der Waals surface area contributed by atoms with Gasteiger partial charge in [-0.2, -0.15) is 0 Å². The number of aldehydes is 1. The van der Waals surface area contributed by atoms with Gasteiger partial charge >= 0.3 is 0 Å². The molecule has 0 aromatic heterocycles. The van der Waals surface area contributed by atoms with Gasteiger partial charge in [0, 0.05) is 18.1 Å². The van der Waals surface area contributed by atoms with Gasteiger partial charge in [-0.3, -0.25) is 10.1 Å². The fourth-order valence-corrected chi connectivity index (χ4v) is 0.905. The van der Waals surface area contributed by atoms with Crippen molar-refractivity contribution in [2.24, 2.45) is 5.92 Å². The maximum atomic E-state index is 10.2. The fourth-order valence-electron chi connectivity index (χ4n) is 0.905. The molecule has 0 amide bonds. The summed E-state index contributed by atoms with van der Waals surface area (Å²) in [6.45, 7) is 0. The van der Waals surface area contributed by atoms with E-state index in [-0.39, 0.29) is 11.6 Å². The smallest absolute Gasteiger partial charge is 0.265 e. The van der Waals surface area contributed by atoms with Crippen molar-refractivity contribution >= 4 is 6.29 Å². The molecule has 1 rings (SSSR count). The van der Waals surface area contributed by atoms with Gasteiger partial charge in [0.15, 0.2) is 0 Å². The SMILES string of the molecule is O=CC1C=C([N+](=O)[O-])C=CC1. The molecule has 0 aromatic carbocycles. The van der Waals surface area contributed by atoms with E-state index in [0.29, 0.717) is 12.7 Å². The van der Waals surface area contributed by atoms with Crippen LogP contribution in [0.1, 0.15) is 6.42 Å². The third kappa shape index (κ3) is 1.73. The molecule has 4 nitrogen and oxygen atoms in total. The highest BCUT2D eigenvalue weighted by molar-refractivity contribution is 5.58. The van der Waals surface area contributed by atoms with E-state index in [1.54, 1.807) is 6.08 Å². The zero-order chi connectivity index (χ0) is 8.27. The fraction of sp³-hybridized carbons (Fsp3) is 0.286. The molecule has 0 radical (unpaired) electrons. The molecule has 11 heavy (non-hydrogen) atoms. The highest BCUT2D eigenvalue weighted by atomic mass is 16.6. The van der Waals surface area contributed by atoms with Crippen LogP contribution in [0, 0.1) is 16.0 Å². The molecule has 0 saturated heterocycles. The second-order valence-corrected chi connectivity index (χ2v) is 2.29. The van der Waals surface area contributed by atoms with E-state index in [4.69, 9.17) is 0 Å². The molecule has 58 valence electrons. The first-order valence-corrected chi connectivity index (χ1v) is 3.22. The number of hydrogen-bond donors (Lipinski definition) is 0. The van der Waals surface area contributed by atoms with Crippen molar-refractivity contribution in [2.75, 3.05) is 0 Å². The van der Waals surface area contributed by atoms with Crippen LogP contribution < -0.4 is 0 Å². The first-order valence-electron chi connectivity index (χ1n) is 3.22. The first-order chi connectivity index (χ1) is 5.24. The quantitative estimate of drug-likeness (QED) is 0.336. The summed E-state index contributed by atoms with van der Waals surface area (Å²) >= 11 is 0. The Morgan fingerprint density at radius 2 is 2.45 bits per heavy atom. The van der Waals surface area contributed by atoms with Crippen LogP contribution in [0.15, 0.2) is 23.9 Å². The summed E-state index contributed by atoms with van der Waals surface area (Å²) in [6, 6.07) is 0. The van der Waals surface area contributed by atoms with E-state index < -0.39 is 4.92 Å². The molecule has 0 N–H and O–H groups in total. The van der Waals surface area contributed by atoms with Crippen molar-refractivity contribution in [3.05, 3.63) is 34.0 Å². The van der Waals surface area contributed by atoms with Gasteiger partial charge in [0.05, 0.1) is 4.92 Å². The average Bonchev–Trinajstić information content (AvgIpc) is 2.05. The molecule has 0 saturated carbocycles. The van der Waals surface area contributed by atoms with E-state index in [1.165, 1.54) is 12.2 Å². The van der Waals surface area contributed by atoms with Gasteiger partial charge < -0.3 is 4.79 Å². The van der Waals surface area contributed by atoms with Crippen molar-refractivity contribution in [2.45, 2.75) is 6.42 Å². The van der Waals surface area contributed by atoms with Gasteiger partial charge in [0.2, 0.25) is 0 Å². The third-order valence-electron chi connectivity index (χ3n) is 1.47. The standard InChI is InChI=1S/C7H7NO3/c9-5-6-2-1-3-7(4-6)8(10)11/h1,3-6H,2H2. The summed E-state index contributed by atoms with van der Waals surface area (Å²) in [6.07, 6.45) is 5.71. The van der Waals surface area contributed by atoms with E-state index in [9.17, 15) is 14.9 Å². The predicted octanol–water partition coefficient (Wildman–Crippen LogP) is 0.922. The minimum Gasteiger partial charge on any atom is -0.303 e. The Kier molecular flexibility index (Phi) is 2.15. The van der Waals surface area contributed by atoms with Gasteiger partial charge in [0.25, 0.3) is 5.70 Å². The van der Waals surface area contributed by atoms with Gasteiger partial charge in [-0.15, -0.1) is 0 Å². The predicted molar refractivity (Wildman–Crippen MR) is 38.4 cm³/mol. The third-order valence-corrected chi connectivity index (χ3v) is 1.47. The molecule has 0 heterocycles. The molecule has 0 bridgehead atoms. The number of hydrogen-bond acceptors (Lipinski definition) is 3. The van der Waals surface area contributed by atoms with Crippen molar-refractivity contribution in [3.8, 4) is 0 Å². The van der Waals surface area contributed by atoms with Crippen LogP contribution >= 0.6 is 0 Å². The molecule has 0 fully saturated rings. The number of carbonyl (C=O) groups is 1. The van der Waals surface area contributed by atoms with Crippen molar-refractivity contribution in [1.82, 2.24) is 0 Å². The molecule has 0 spiro atoms. The van der Waals surface area contributed by atoms with Crippen LogP contribution in [0.3, 0.4) is 0 Å². The lowest BCUT2D eigenvalue weighted by Gasteiger charge is -2.03. The van der Waals surface area contributed by atoms with Gasteiger partial charge in [-0.1, -0.05) is 6.08 Å². The van der Waals surface area contributed by atoms with Crippen LogP contribution in [-0.4, -0.2) is 11.2 Å². The molecule has 4 heteroatoms. The summed E-state index contributed by atoms with van der Waals surface area (Å²) < 4.78 is 0. The Labute approximate surface area is 63.4 Å². The normalized spacial score (nSPS) is 22.5. The monoisotopic (exact) mass is 153 g/mol. The Morgan fingerprint density at radius 3 is 3.00 bits per heavy atom. The number of rotatable bonds is 2. The zero-order valence-electron chi connectivity index (χ0n) is 5.77. The summed E-state index contributed by atoms with van der Waals surface area (Å²) in [5.74, 6) is -0.319. The van der Waals surface area contributed by atoms with Crippen LogP contribution in [-0.2, 0) is 4.79 Å². The number of nitro groups is 1. The molecule has 0 aromatic rings. The summed E-state index contributed by atoms with van der Waals surface area (Å²) in [7, 11) is 0. The highest BCUT2D eigenvalue weighted by Gasteiger charge is 2.14. The van der Waals surface area contributed by atoms with Gasteiger partial charge in [-0.25, -0.2) is 0 Å². The minimum absolute atomic E-state index is 0.00773. The maximum Gasteiger partial charge on any atom is 0.265 e. The molecular formula is C7H7NO3. The summed E-state index contributed by atoms with van der Waals surface area (Å²) in [5, 5.41) is 10.2. The van der Waals surface area contributed by atoms with Crippen molar-refractivity contribution in [3.63, 3.8) is 0 Å². The Balaban J connectivity index is 2.79. The van der Waals surface area contributed by atoms with Crippen LogP contribution in [0.25, 0.3) is 0 Å². The van der Waals surface area contributed by atoms with E-state index in [1.807, 2.05) is 0 Å². The molecular weight excluding hydrogens is 146 g/mol. The van der Waals surface area contributed by atoms with Crippen LogP contribution in [0.4, 0.5) is 0 Å². The Hall–Kier alpha value is -1.45. The highest BCUT2D eigenvalue weighted by Crippen LogP contribution is 2.14. The van der Waals surface area contributed by atoms with E-state index >= 15 is 0 Å².